The largest absolute Gasteiger partial charge is 0.496 e. The van der Waals surface area contributed by atoms with Crippen LogP contribution in [0.15, 0.2) is 30.5 Å². The van der Waals surface area contributed by atoms with Gasteiger partial charge in [-0.25, -0.2) is 14.2 Å². The molecule has 2 amide bonds. The number of anilines is 1. The molecule has 0 atom stereocenters. The molecule has 0 bridgehead atoms. The van der Waals surface area contributed by atoms with Crippen LogP contribution in [-0.2, 0) is 0 Å². The van der Waals surface area contributed by atoms with Crippen LogP contribution >= 0.6 is 0 Å². The highest BCUT2D eigenvalue weighted by atomic mass is 19.1. The van der Waals surface area contributed by atoms with Gasteiger partial charge in [0, 0.05) is 49.6 Å². The molecule has 0 unspecified atom stereocenters. The quantitative estimate of drug-likeness (QED) is 0.845. The number of hydrogen-bond donors (Lipinski definition) is 2. The van der Waals surface area contributed by atoms with Gasteiger partial charge in [0.25, 0.3) is 5.91 Å². The van der Waals surface area contributed by atoms with Crippen LogP contribution in [0, 0.1) is 5.82 Å². The zero-order chi connectivity index (χ0) is 19.6. The molecule has 1 saturated heterocycles. The maximum absolute atomic E-state index is 13.4. The average Bonchev–Trinajstić information content (AvgIpc) is 2.67. The average molecular weight is 374 g/mol. The number of amides is 2. The second-order valence-corrected chi connectivity index (χ2v) is 6.06. The van der Waals surface area contributed by atoms with Crippen molar-refractivity contribution in [3.63, 3.8) is 0 Å². The van der Waals surface area contributed by atoms with Crippen molar-refractivity contribution in [3.05, 3.63) is 41.8 Å². The lowest BCUT2D eigenvalue weighted by atomic mass is 10.0. The minimum absolute atomic E-state index is 0.211. The minimum Gasteiger partial charge on any atom is -0.496 e. The number of rotatable bonds is 4. The molecular weight excluding hydrogens is 355 g/mol. The Morgan fingerprint density at radius 1 is 1.22 bits per heavy atom. The maximum Gasteiger partial charge on any atom is 0.407 e. The predicted octanol–water partition coefficient (Wildman–Crippen LogP) is 1.80. The Kier molecular flexibility index (Phi) is 5.11. The van der Waals surface area contributed by atoms with Crippen LogP contribution in [0.5, 0.6) is 5.75 Å². The molecule has 0 radical (unpaired) electrons. The van der Waals surface area contributed by atoms with Crippen molar-refractivity contribution in [2.75, 3.05) is 38.2 Å². The summed E-state index contributed by atoms with van der Waals surface area (Å²) >= 11 is 0. The first kappa shape index (κ1) is 18.4. The SMILES string of the molecule is COc1cc(F)ccc1-c1cnc(N2CCN(C(=O)O)CC2)c(C(N)=O)c1. The van der Waals surface area contributed by atoms with Gasteiger partial charge in [0.05, 0.1) is 12.7 Å². The summed E-state index contributed by atoms with van der Waals surface area (Å²) in [5.74, 6) is -0.375. The fourth-order valence-electron chi connectivity index (χ4n) is 3.05. The predicted molar refractivity (Wildman–Crippen MR) is 96.5 cm³/mol. The summed E-state index contributed by atoms with van der Waals surface area (Å²) in [6, 6.07) is 5.67. The highest BCUT2D eigenvalue weighted by molar-refractivity contribution is 5.99. The van der Waals surface area contributed by atoms with E-state index in [9.17, 15) is 14.0 Å². The Morgan fingerprint density at radius 3 is 2.52 bits per heavy atom. The van der Waals surface area contributed by atoms with Crippen molar-refractivity contribution in [3.8, 4) is 16.9 Å². The van der Waals surface area contributed by atoms with E-state index in [0.717, 1.165) is 0 Å². The lowest BCUT2D eigenvalue weighted by Crippen LogP contribution is -2.49. The number of halogens is 1. The van der Waals surface area contributed by atoms with Gasteiger partial charge in [0.2, 0.25) is 0 Å². The third-order valence-electron chi connectivity index (χ3n) is 4.46. The third-order valence-corrected chi connectivity index (χ3v) is 4.46. The first-order chi connectivity index (χ1) is 12.9. The van der Waals surface area contributed by atoms with Gasteiger partial charge in [-0.2, -0.15) is 0 Å². The first-order valence-corrected chi connectivity index (χ1v) is 8.27. The van der Waals surface area contributed by atoms with E-state index in [4.69, 9.17) is 15.6 Å². The van der Waals surface area contributed by atoms with E-state index in [1.807, 2.05) is 4.90 Å². The van der Waals surface area contributed by atoms with Crippen molar-refractivity contribution in [1.29, 1.82) is 0 Å². The number of nitrogens with zero attached hydrogens (tertiary/aromatic N) is 3. The van der Waals surface area contributed by atoms with Gasteiger partial charge in [-0.3, -0.25) is 4.79 Å². The summed E-state index contributed by atoms with van der Waals surface area (Å²) in [5.41, 5.74) is 6.89. The Morgan fingerprint density at radius 2 is 1.93 bits per heavy atom. The molecule has 142 valence electrons. The van der Waals surface area contributed by atoms with Crippen molar-refractivity contribution < 1.29 is 23.8 Å². The molecular formula is C18H19FN4O4. The molecule has 2 aromatic rings. The third kappa shape index (κ3) is 3.76. The summed E-state index contributed by atoms with van der Waals surface area (Å²) in [7, 11) is 1.43. The number of primary amides is 1. The monoisotopic (exact) mass is 374 g/mol. The van der Waals surface area contributed by atoms with E-state index in [-0.39, 0.29) is 5.56 Å². The molecule has 1 aliphatic rings. The van der Waals surface area contributed by atoms with Gasteiger partial charge >= 0.3 is 6.09 Å². The minimum atomic E-state index is -0.975. The topological polar surface area (TPSA) is 109 Å². The highest BCUT2D eigenvalue weighted by Gasteiger charge is 2.25. The van der Waals surface area contributed by atoms with Crippen LogP contribution in [0.4, 0.5) is 15.0 Å². The molecule has 8 nitrogen and oxygen atoms in total. The fraction of sp³-hybridized carbons (Fsp3) is 0.278. The van der Waals surface area contributed by atoms with Crippen molar-refractivity contribution in [2.45, 2.75) is 0 Å². The molecule has 0 spiro atoms. The lowest BCUT2D eigenvalue weighted by molar-refractivity contribution is 0.0999. The molecule has 27 heavy (non-hydrogen) atoms. The second kappa shape index (κ2) is 7.48. The second-order valence-electron chi connectivity index (χ2n) is 6.06. The van der Waals surface area contributed by atoms with Gasteiger partial charge in [0.1, 0.15) is 17.4 Å². The molecule has 3 N–H and O–H groups in total. The molecule has 2 heterocycles. The van der Waals surface area contributed by atoms with Crippen LogP contribution in [0.25, 0.3) is 11.1 Å². The summed E-state index contributed by atoms with van der Waals surface area (Å²) in [6.07, 6.45) is 0.581. The standard InChI is InChI=1S/C18H19FN4O4/c1-27-15-9-12(19)2-3-13(15)11-8-14(16(20)24)17(21-10-11)22-4-6-23(7-5-22)18(25)26/h2-3,8-10H,4-7H2,1H3,(H2,20,24)(H,25,26). The first-order valence-electron chi connectivity index (χ1n) is 8.27. The molecule has 1 aliphatic heterocycles. The van der Waals surface area contributed by atoms with Gasteiger partial charge in [-0.1, -0.05) is 0 Å². The van der Waals surface area contributed by atoms with Gasteiger partial charge in [-0.05, 0) is 18.2 Å². The summed E-state index contributed by atoms with van der Waals surface area (Å²) < 4.78 is 18.6. The summed E-state index contributed by atoms with van der Waals surface area (Å²) in [5, 5.41) is 9.05. The smallest absolute Gasteiger partial charge is 0.407 e. The number of ether oxygens (including phenoxy) is 1. The zero-order valence-electron chi connectivity index (χ0n) is 14.7. The van der Waals surface area contributed by atoms with Gasteiger partial charge < -0.3 is 25.4 Å². The lowest BCUT2D eigenvalue weighted by Gasteiger charge is -2.34. The van der Waals surface area contributed by atoms with Crippen molar-refractivity contribution >= 4 is 17.8 Å². The molecule has 3 rings (SSSR count). The number of benzene rings is 1. The number of piperazine rings is 1. The van der Waals surface area contributed by atoms with Crippen LogP contribution in [-0.4, -0.2) is 60.3 Å². The van der Waals surface area contributed by atoms with E-state index >= 15 is 0 Å². The number of nitrogens with two attached hydrogens (primary N) is 1. The van der Waals surface area contributed by atoms with E-state index < -0.39 is 17.8 Å². The van der Waals surface area contributed by atoms with Crippen molar-refractivity contribution in [2.24, 2.45) is 5.73 Å². The molecule has 1 fully saturated rings. The fourth-order valence-corrected chi connectivity index (χ4v) is 3.05. The van der Waals surface area contributed by atoms with Gasteiger partial charge in [-0.15, -0.1) is 0 Å². The number of carboxylic acid groups (broad SMARTS) is 1. The van der Waals surface area contributed by atoms with E-state index in [1.54, 1.807) is 18.3 Å². The van der Waals surface area contributed by atoms with Crippen LogP contribution < -0.4 is 15.4 Å². The molecule has 1 aromatic carbocycles. The van der Waals surface area contributed by atoms with Crippen LogP contribution in [0.3, 0.4) is 0 Å². The normalized spacial score (nSPS) is 14.1. The Labute approximate surface area is 155 Å². The number of pyridine rings is 1. The van der Waals surface area contributed by atoms with Crippen LogP contribution in [0.2, 0.25) is 0 Å². The van der Waals surface area contributed by atoms with E-state index in [0.29, 0.717) is 48.9 Å². The number of aromatic nitrogens is 1. The molecule has 0 aliphatic carbocycles. The Hall–Kier alpha value is -3.36. The molecule has 0 saturated carbocycles. The van der Waals surface area contributed by atoms with Gasteiger partial charge in [0.15, 0.2) is 0 Å². The van der Waals surface area contributed by atoms with Crippen LogP contribution in [0.1, 0.15) is 10.4 Å². The summed E-state index contributed by atoms with van der Waals surface area (Å²) in [6.45, 7) is 1.42. The Bertz CT molecular complexity index is 882. The number of carbonyl (C=O) groups excluding carboxylic acids is 1. The number of hydrogen-bond acceptors (Lipinski definition) is 5. The Balaban J connectivity index is 1.95. The van der Waals surface area contributed by atoms with Crippen molar-refractivity contribution in [1.82, 2.24) is 9.88 Å². The zero-order valence-corrected chi connectivity index (χ0v) is 14.7. The maximum atomic E-state index is 13.4. The number of carbonyl (C=O) groups is 2. The molecule has 1 aromatic heterocycles. The number of methoxy groups -OCH3 is 1. The summed E-state index contributed by atoms with van der Waals surface area (Å²) in [4.78, 5) is 30.5. The molecule has 9 heteroatoms. The van der Waals surface area contributed by atoms with E-state index in [1.165, 1.54) is 24.1 Å². The van der Waals surface area contributed by atoms with E-state index in [2.05, 4.69) is 4.98 Å². The highest BCUT2D eigenvalue weighted by Crippen LogP contribution is 2.32.